The number of nitrogens with one attached hydrogen (secondary N) is 3. The van der Waals surface area contributed by atoms with Gasteiger partial charge < -0.3 is 20.4 Å². The molecule has 3 aromatic rings. The van der Waals surface area contributed by atoms with Gasteiger partial charge in [0.05, 0.1) is 25.0 Å². The lowest BCUT2D eigenvalue weighted by molar-refractivity contribution is -0.114. The van der Waals surface area contributed by atoms with Crippen molar-refractivity contribution in [2.24, 2.45) is 0 Å². The largest absolute Gasteiger partial charge is 0.467 e. The highest BCUT2D eigenvalue weighted by molar-refractivity contribution is 9.10. The number of halogens is 1. The van der Waals surface area contributed by atoms with Crippen LogP contribution in [0.15, 0.2) is 75.8 Å². The van der Waals surface area contributed by atoms with Crippen LogP contribution in [0.2, 0.25) is 0 Å². The summed E-state index contributed by atoms with van der Waals surface area (Å²) in [6, 6.07) is 17.9. The lowest BCUT2D eigenvalue weighted by Gasteiger charge is -2.10. The predicted octanol–water partition coefficient (Wildman–Crippen LogP) is 4.02. The summed E-state index contributed by atoms with van der Waals surface area (Å²) in [5, 5.41) is 8.63. The molecular formula is C20H18BrN3O3. The number of furan rings is 1. The number of anilines is 2. The standard InChI is InChI=1S/C20H18BrN3O3/c21-17-5-1-2-6-18(17)24-19(25)13-22-15-9-7-14(8-10-15)20(26)23-12-16-4-3-11-27-16/h1-11,22H,12-13H2,(H,23,26)(H,24,25). The zero-order valence-electron chi connectivity index (χ0n) is 14.4. The Kier molecular flexibility index (Phi) is 6.27. The molecule has 0 bridgehead atoms. The third-order valence-electron chi connectivity index (χ3n) is 3.75. The molecule has 1 heterocycles. The van der Waals surface area contributed by atoms with Gasteiger partial charge in [0.25, 0.3) is 5.91 Å². The molecule has 0 aliphatic rings. The number of carbonyl (C=O) groups is 2. The number of benzene rings is 2. The Morgan fingerprint density at radius 1 is 0.963 bits per heavy atom. The van der Waals surface area contributed by atoms with E-state index in [1.165, 1.54) is 0 Å². The Bertz CT molecular complexity index is 908. The maximum Gasteiger partial charge on any atom is 0.251 e. The summed E-state index contributed by atoms with van der Waals surface area (Å²) in [5.74, 6) is 0.337. The highest BCUT2D eigenvalue weighted by Crippen LogP contribution is 2.21. The van der Waals surface area contributed by atoms with Gasteiger partial charge in [0.2, 0.25) is 5.91 Å². The second-order valence-electron chi connectivity index (χ2n) is 5.72. The fourth-order valence-electron chi connectivity index (χ4n) is 2.36. The molecule has 0 saturated heterocycles. The van der Waals surface area contributed by atoms with Gasteiger partial charge in [-0.1, -0.05) is 12.1 Å². The van der Waals surface area contributed by atoms with Gasteiger partial charge >= 0.3 is 0 Å². The Morgan fingerprint density at radius 2 is 1.74 bits per heavy atom. The second-order valence-corrected chi connectivity index (χ2v) is 6.58. The summed E-state index contributed by atoms with van der Waals surface area (Å²) in [5.41, 5.74) is 2.00. The van der Waals surface area contributed by atoms with Crippen LogP contribution in [0, 0.1) is 0 Å². The summed E-state index contributed by atoms with van der Waals surface area (Å²) < 4.78 is 6.00. The summed E-state index contributed by atoms with van der Waals surface area (Å²) in [6.45, 7) is 0.451. The Hall–Kier alpha value is -3.06. The van der Waals surface area contributed by atoms with E-state index in [0.717, 1.165) is 10.2 Å². The first-order chi connectivity index (χ1) is 13.1. The smallest absolute Gasteiger partial charge is 0.251 e. The molecule has 0 spiro atoms. The predicted molar refractivity (Wildman–Crippen MR) is 108 cm³/mol. The Labute approximate surface area is 165 Å². The zero-order valence-corrected chi connectivity index (χ0v) is 16.0. The molecule has 3 rings (SSSR count). The minimum absolute atomic E-state index is 0.116. The summed E-state index contributed by atoms with van der Waals surface area (Å²) in [6.07, 6.45) is 1.56. The van der Waals surface area contributed by atoms with Crippen LogP contribution in [0.25, 0.3) is 0 Å². The minimum atomic E-state index is -0.190. The molecule has 2 aromatic carbocycles. The normalized spacial score (nSPS) is 10.3. The maximum atomic E-state index is 12.1. The first-order valence-electron chi connectivity index (χ1n) is 8.31. The van der Waals surface area contributed by atoms with Crippen LogP contribution in [0.5, 0.6) is 0 Å². The van der Waals surface area contributed by atoms with E-state index in [2.05, 4.69) is 31.9 Å². The number of hydrogen-bond donors (Lipinski definition) is 3. The van der Waals surface area contributed by atoms with Gasteiger partial charge in [-0.3, -0.25) is 9.59 Å². The van der Waals surface area contributed by atoms with Crippen LogP contribution in [0.4, 0.5) is 11.4 Å². The highest BCUT2D eigenvalue weighted by Gasteiger charge is 2.08. The molecule has 0 fully saturated rings. The van der Waals surface area contributed by atoms with Crippen molar-refractivity contribution in [3.8, 4) is 0 Å². The van der Waals surface area contributed by atoms with Crippen LogP contribution < -0.4 is 16.0 Å². The van der Waals surface area contributed by atoms with Gasteiger partial charge in [0.15, 0.2) is 0 Å². The van der Waals surface area contributed by atoms with E-state index in [4.69, 9.17) is 4.42 Å². The SMILES string of the molecule is O=C(CNc1ccc(C(=O)NCc2ccco2)cc1)Nc1ccccc1Br. The van der Waals surface area contributed by atoms with E-state index >= 15 is 0 Å². The third-order valence-corrected chi connectivity index (χ3v) is 4.44. The molecule has 0 atom stereocenters. The summed E-state index contributed by atoms with van der Waals surface area (Å²) in [7, 11) is 0. The number of carbonyl (C=O) groups excluding carboxylic acids is 2. The van der Waals surface area contributed by atoms with Gasteiger partial charge in [-0.25, -0.2) is 0 Å². The van der Waals surface area contributed by atoms with Crippen molar-refractivity contribution in [2.75, 3.05) is 17.2 Å². The van der Waals surface area contributed by atoms with E-state index in [-0.39, 0.29) is 18.4 Å². The van der Waals surface area contributed by atoms with Crippen LogP contribution in [0.1, 0.15) is 16.1 Å². The second kappa shape index (κ2) is 9.05. The molecule has 1 aromatic heterocycles. The first kappa shape index (κ1) is 18.7. The fraction of sp³-hybridized carbons (Fsp3) is 0.100. The van der Waals surface area contributed by atoms with Crippen molar-refractivity contribution >= 4 is 39.1 Å². The van der Waals surface area contributed by atoms with E-state index in [9.17, 15) is 9.59 Å². The quantitative estimate of drug-likeness (QED) is 0.531. The van der Waals surface area contributed by atoms with Crippen LogP contribution in [0.3, 0.4) is 0 Å². The Balaban J connectivity index is 1.48. The van der Waals surface area contributed by atoms with Crippen molar-refractivity contribution < 1.29 is 14.0 Å². The average molecular weight is 428 g/mol. The highest BCUT2D eigenvalue weighted by atomic mass is 79.9. The molecule has 138 valence electrons. The molecule has 2 amide bonds. The van der Waals surface area contributed by atoms with Gasteiger partial charge in [-0.2, -0.15) is 0 Å². The molecule has 0 unspecified atom stereocenters. The van der Waals surface area contributed by atoms with Crippen LogP contribution >= 0.6 is 15.9 Å². The lowest BCUT2D eigenvalue weighted by Crippen LogP contribution is -2.23. The molecule has 0 radical (unpaired) electrons. The maximum absolute atomic E-state index is 12.1. The monoisotopic (exact) mass is 427 g/mol. The van der Waals surface area contributed by atoms with Gasteiger partial charge in [-0.05, 0) is 64.5 Å². The molecule has 3 N–H and O–H groups in total. The fourth-order valence-corrected chi connectivity index (χ4v) is 2.75. The molecule has 27 heavy (non-hydrogen) atoms. The molecular weight excluding hydrogens is 410 g/mol. The van der Waals surface area contributed by atoms with Crippen molar-refractivity contribution in [1.82, 2.24) is 5.32 Å². The lowest BCUT2D eigenvalue weighted by atomic mass is 10.2. The van der Waals surface area contributed by atoms with Crippen molar-refractivity contribution in [1.29, 1.82) is 0 Å². The topological polar surface area (TPSA) is 83.4 Å². The number of amides is 2. The van der Waals surface area contributed by atoms with Crippen molar-refractivity contribution in [2.45, 2.75) is 6.54 Å². The first-order valence-corrected chi connectivity index (χ1v) is 9.10. The van der Waals surface area contributed by atoms with Gasteiger partial charge in [0, 0.05) is 15.7 Å². The zero-order chi connectivity index (χ0) is 19.1. The summed E-state index contributed by atoms with van der Waals surface area (Å²) >= 11 is 3.39. The van der Waals surface area contributed by atoms with Crippen molar-refractivity contribution in [3.63, 3.8) is 0 Å². The molecule has 7 heteroatoms. The molecule has 6 nitrogen and oxygen atoms in total. The molecule has 0 saturated carbocycles. The van der Waals surface area contributed by atoms with Gasteiger partial charge in [-0.15, -0.1) is 0 Å². The number of para-hydroxylation sites is 1. The molecule has 0 aliphatic heterocycles. The number of rotatable bonds is 7. The third kappa shape index (κ3) is 5.46. The van der Waals surface area contributed by atoms with E-state index in [1.807, 2.05) is 24.3 Å². The van der Waals surface area contributed by atoms with E-state index < -0.39 is 0 Å². The Morgan fingerprint density at radius 3 is 2.44 bits per heavy atom. The number of hydrogen-bond acceptors (Lipinski definition) is 4. The van der Waals surface area contributed by atoms with E-state index in [0.29, 0.717) is 23.6 Å². The van der Waals surface area contributed by atoms with Crippen LogP contribution in [-0.4, -0.2) is 18.4 Å². The van der Waals surface area contributed by atoms with Crippen molar-refractivity contribution in [3.05, 3.63) is 82.7 Å². The summed E-state index contributed by atoms with van der Waals surface area (Å²) in [4.78, 5) is 24.2. The minimum Gasteiger partial charge on any atom is -0.467 e. The van der Waals surface area contributed by atoms with E-state index in [1.54, 1.807) is 42.7 Å². The van der Waals surface area contributed by atoms with Crippen LogP contribution in [-0.2, 0) is 11.3 Å². The average Bonchev–Trinajstić information content (AvgIpc) is 3.20. The molecule has 0 aliphatic carbocycles. The van der Waals surface area contributed by atoms with Gasteiger partial charge in [0.1, 0.15) is 5.76 Å².